The lowest BCUT2D eigenvalue weighted by molar-refractivity contribution is 0.502. The van der Waals surface area contributed by atoms with Crippen LogP contribution in [0.25, 0.3) is 0 Å². The van der Waals surface area contributed by atoms with Crippen molar-refractivity contribution in [3.63, 3.8) is 0 Å². The van der Waals surface area contributed by atoms with Gasteiger partial charge in [-0.1, -0.05) is 37.3 Å². The Morgan fingerprint density at radius 1 is 1.33 bits per heavy atom. The highest BCUT2D eigenvalue weighted by molar-refractivity contribution is 5.49. The number of aromatic nitrogens is 2. The number of hydrogen-bond donors (Lipinski definition) is 1. The van der Waals surface area contributed by atoms with Crippen LogP contribution in [0.4, 0.5) is 5.82 Å². The van der Waals surface area contributed by atoms with Crippen LogP contribution in [-0.2, 0) is 13.0 Å². The number of benzene rings is 1. The smallest absolute Gasteiger partial charge is 0.127 e. The summed E-state index contributed by atoms with van der Waals surface area (Å²) >= 11 is 0. The van der Waals surface area contributed by atoms with Crippen molar-refractivity contribution in [3.8, 4) is 0 Å². The van der Waals surface area contributed by atoms with E-state index in [-0.39, 0.29) is 0 Å². The molecule has 1 aliphatic heterocycles. The number of aryl methyl sites for hydroxylation is 1. The predicted octanol–water partition coefficient (Wildman–Crippen LogP) is 2.96. The Kier molecular flexibility index (Phi) is 2.82. The number of nitrogens with one attached hydrogen (secondary N) is 1. The van der Waals surface area contributed by atoms with Crippen LogP contribution in [0.1, 0.15) is 29.7 Å². The van der Waals surface area contributed by atoms with Gasteiger partial charge < -0.3 is 5.32 Å². The number of nitrogens with zero attached hydrogens (tertiary/aromatic N) is 2. The maximum atomic E-state index is 4.70. The maximum absolute atomic E-state index is 4.70. The molecule has 0 fully saturated rings. The lowest BCUT2D eigenvalue weighted by atomic mass is 9.98. The van der Waals surface area contributed by atoms with E-state index in [9.17, 15) is 0 Å². The summed E-state index contributed by atoms with van der Waals surface area (Å²) < 4.78 is 2.13. The first-order valence-corrected chi connectivity index (χ1v) is 6.64. The van der Waals surface area contributed by atoms with Gasteiger partial charge in [0.2, 0.25) is 0 Å². The highest BCUT2D eigenvalue weighted by atomic mass is 15.3. The second kappa shape index (κ2) is 4.48. The molecule has 1 atom stereocenters. The van der Waals surface area contributed by atoms with E-state index in [1.165, 1.54) is 22.6 Å². The predicted molar refractivity (Wildman–Crippen MR) is 74.0 cm³/mol. The minimum Gasteiger partial charge on any atom is -0.369 e. The molecule has 2 heterocycles. The molecule has 1 N–H and O–H groups in total. The van der Waals surface area contributed by atoms with Crippen LogP contribution < -0.4 is 5.32 Å². The summed E-state index contributed by atoms with van der Waals surface area (Å²) in [5.41, 5.74) is 3.91. The van der Waals surface area contributed by atoms with E-state index in [4.69, 9.17) is 5.10 Å². The molecule has 3 heteroatoms. The second-order valence-corrected chi connectivity index (χ2v) is 4.94. The Morgan fingerprint density at radius 2 is 2.11 bits per heavy atom. The minimum atomic E-state index is 0.516. The van der Waals surface area contributed by atoms with Crippen molar-refractivity contribution in [2.45, 2.75) is 32.7 Å². The molecule has 0 radical (unpaired) electrons. The largest absolute Gasteiger partial charge is 0.369 e. The van der Waals surface area contributed by atoms with Crippen molar-refractivity contribution < 1.29 is 0 Å². The fourth-order valence-corrected chi connectivity index (χ4v) is 2.73. The zero-order valence-electron chi connectivity index (χ0n) is 11.0. The van der Waals surface area contributed by atoms with Crippen molar-refractivity contribution in [3.05, 3.63) is 47.2 Å². The molecule has 1 unspecified atom stereocenters. The molecule has 0 saturated heterocycles. The van der Waals surface area contributed by atoms with Gasteiger partial charge in [0.05, 0.1) is 12.2 Å². The standard InChI is InChI=1S/C15H19N3/c1-3-14-11(2)15-16-9-13(10-18(15)17-14)12-7-5-4-6-8-12/h4-8,13,16H,3,9-10H2,1-2H3. The SMILES string of the molecule is CCc1nn2c(c1C)NCC(c1ccccc1)C2. The molecule has 2 aromatic rings. The van der Waals surface area contributed by atoms with Crippen molar-refractivity contribution in [1.29, 1.82) is 0 Å². The lowest BCUT2D eigenvalue weighted by Gasteiger charge is -2.25. The van der Waals surface area contributed by atoms with Crippen LogP contribution in [0.2, 0.25) is 0 Å². The van der Waals surface area contributed by atoms with Crippen molar-refractivity contribution in [2.75, 3.05) is 11.9 Å². The second-order valence-electron chi connectivity index (χ2n) is 4.94. The van der Waals surface area contributed by atoms with E-state index in [0.717, 1.165) is 19.5 Å². The molecule has 0 amide bonds. The number of fused-ring (bicyclic) bond motifs is 1. The number of anilines is 1. The Hall–Kier alpha value is -1.77. The fraction of sp³-hybridized carbons (Fsp3) is 0.400. The van der Waals surface area contributed by atoms with Gasteiger partial charge in [-0.15, -0.1) is 0 Å². The monoisotopic (exact) mass is 241 g/mol. The topological polar surface area (TPSA) is 29.9 Å². The van der Waals surface area contributed by atoms with Crippen molar-refractivity contribution >= 4 is 5.82 Å². The van der Waals surface area contributed by atoms with Crippen molar-refractivity contribution in [1.82, 2.24) is 9.78 Å². The van der Waals surface area contributed by atoms with Crippen LogP contribution in [0, 0.1) is 6.92 Å². The normalized spacial score (nSPS) is 18.2. The molecule has 0 aliphatic carbocycles. The molecular weight excluding hydrogens is 222 g/mol. The third-order valence-corrected chi connectivity index (χ3v) is 3.80. The molecule has 1 aromatic carbocycles. The Balaban J connectivity index is 1.90. The van der Waals surface area contributed by atoms with Gasteiger partial charge in [-0.05, 0) is 18.9 Å². The average Bonchev–Trinajstić information content (AvgIpc) is 2.76. The Bertz CT molecular complexity index is 542. The summed E-state index contributed by atoms with van der Waals surface area (Å²) in [7, 11) is 0. The van der Waals surface area contributed by atoms with Gasteiger partial charge in [0.15, 0.2) is 0 Å². The van der Waals surface area contributed by atoms with Crippen LogP contribution >= 0.6 is 0 Å². The first-order chi connectivity index (χ1) is 8.79. The van der Waals surface area contributed by atoms with Gasteiger partial charge in [-0.25, -0.2) is 4.68 Å². The van der Waals surface area contributed by atoms with Crippen LogP contribution in [-0.4, -0.2) is 16.3 Å². The summed E-state index contributed by atoms with van der Waals surface area (Å²) in [6, 6.07) is 10.7. The van der Waals surface area contributed by atoms with Crippen molar-refractivity contribution in [2.24, 2.45) is 0 Å². The summed E-state index contributed by atoms with van der Waals surface area (Å²) in [5.74, 6) is 1.72. The first-order valence-electron chi connectivity index (χ1n) is 6.64. The molecule has 0 saturated carbocycles. The van der Waals surface area contributed by atoms with Gasteiger partial charge in [-0.3, -0.25) is 0 Å². The van der Waals surface area contributed by atoms with Crippen LogP contribution in [0.15, 0.2) is 30.3 Å². The maximum Gasteiger partial charge on any atom is 0.127 e. The molecule has 3 rings (SSSR count). The zero-order chi connectivity index (χ0) is 12.5. The Morgan fingerprint density at radius 3 is 2.83 bits per heavy atom. The van der Waals surface area contributed by atoms with E-state index in [1.54, 1.807) is 0 Å². The number of rotatable bonds is 2. The molecular formula is C15H19N3. The Labute approximate surface area is 108 Å². The summed E-state index contributed by atoms with van der Waals surface area (Å²) in [5, 5.41) is 8.23. The van der Waals surface area contributed by atoms with Gasteiger partial charge in [0.25, 0.3) is 0 Å². The van der Waals surface area contributed by atoms with E-state index >= 15 is 0 Å². The number of hydrogen-bond acceptors (Lipinski definition) is 2. The molecule has 1 aliphatic rings. The molecule has 1 aromatic heterocycles. The molecule has 94 valence electrons. The quantitative estimate of drug-likeness (QED) is 0.876. The molecule has 0 bridgehead atoms. The minimum absolute atomic E-state index is 0.516. The van der Waals surface area contributed by atoms with E-state index in [0.29, 0.717) is 5.92 Å². The van der Waals surface area contributed by atoms with E-state index in [2.05, 4.69) is 54.2 Å². The molecule has 0 spiro atoms. The fourth-order valence-electron chi connectivity index (χ4n) is 2.73. The third kappa shape index (κ3) is 1.80. The highest BCUT2D eigenvalue weighted by Crippen LogP contribution is 2.28. The van der Waals surface area contributed by atoms with Gasteiger partial charge in [0, 0.05) is 18.0 Å². The highest BCUT2D eigenvalue weighted by Gasteiger charge is 2.23. The van der Waals surface area contributed by atoms with Crippen LogP contribution in [0.5, 0.6) is 0 Å². The summed E-state index contributed by atoms with van der Waals surface area (Å²) in [6.07, 6.45) is 1.00. The van der Waals surface area contributed by atoms with E-state index < -0.39 is 0 Å². The summed E-state index contributed by atoms with van der Waals surface area (Å²) in [6.45, 7) is 6.30. The third-order valence-electron chi connectivity index (χ3n) is 3.80. The molecule has 3 nitrogen and oxygen atoms in total. The first kappa shape index (κ1) is 11.3. The average molecular weight is 241 g/mol. The van der Waals surface area contributed by atoms with E-state index in [1.807, 2.05) is 0 Å². The van der Waals surface area contributed by atoms with Crippen LogP contribution in [0.3, 0.4) is 0 Å². The zero-order valence-corrected chi connectivity index (χ0v) is 11.0. The van der Waals surface area contributed by atoms with Gasteiger partial charge >= 0.3 is 0 Å². The van der Waals surface area contributed by atoms with Gasteiger partial charge in [0.1, 0.15) is 5.82 Å². The summed E-state index contributed by atoms with van der Waals surface area (Å²) in [4.78, 5) is 0. The lowest BCUT2D eigenvalue weighted by Crippen LogP contribution is -2.26. The van der Waals surface area contributed by atoms with Gasteiger partial charge in [-0.2, -0.15) is 5.10 Å². The molecule has 18 heavy (non-hydrogen) atoms.